The van der Waals surface area contributed by atoms with Crippen LogP contribution in [0.5, 0.6) is 0 Å². The van der Waals surface area contributed by atoms with Crippen molar-refractivity contribution in [1.82, 2.24) is 9.80 Å². The maximum absolute atomic E-state index is 12.7. The van der Waals surface area contributed by atoms with Crippen molar-refractivity contribution in [2.75, 3.05) is 26.2 Å². The molecule has 0 aromatic heterocycles. The second-order valence-corrected chi connectivity index (χ2v) is 6.37. The molecule has 0 N–H and O–H groups in total. The van der Waals surface area contributed by atoms with Gasteiger partial charge in [0, 0.05) is 32.4 Å². The molecule has 1 saturated heterocycles. The van der Waals surface area contributed by atoms with Gasteiger partial charge in [-0.15, -0.1) is 0 Å². The highest BCUT2D eigenvalue weighted by molar-refractivity contribution is 5.97. The summed E-state index contributed by atoms with van der Waals surface area (Å²) in [5, 5.41) is 9.43. The average molecular weight is 321 g/mol. The molecular weight excluding hydrogens is 290 g/mol. The Balaban J connectivity index is 2.81. The van der Waals surface area contributed by atoms with Crippen molar-refractivity contribution < 1.29 is 9.53 Å². The van der Waals surface area contributed by atoms with Crippen molar-refractivity contribution in [1.29, 1.82) is 5.26 Å². The first-order valence-electron chi connectivity index (χ1n) is 8.82. The van der Waals surface area contributed by atoms with Crippen LogP contribution in [-0.4, -0.2) is 54.1 Å². The van der Waals surface area contributed by atoms with E-state index in [2.05, 4.69) is 24.8 Å². The lowest BCUT2D eigenvalue weighted by molar-refractivity contribution is -0.138. The molecule has 2 unspecified atom stereocenters. The van der Waals surface area contributed by atoms with E-state index in [1.165, 1.54) is 0 Å². The predicted octanol–water partition coefficient (Wildman–Crippen LogP) is 2.93. The molecule has 0 aromatic carbocycles. The summed E-state index contributed by atoms with van der Waals surface area (Å²) < 4.78 is 5.66. The third-order valence-electron chi connectivity index (χ3n) is 3.97. The Morgan fingerprint density at radius 2 is 1.74 bits per heavy atom. The minimum absolute atomic E-state index is 0.0129. The van der Waals surface area contributed by atoms with E-state index in [-0.39, 0.29) is 23.7 Å². The van der Waals surface area contributed by atoms with Crippen molar-refractivity contribution in [3.05, 3.63) is 11.8 Å². The standard InChI is InChI=1S/C18H31N3O2/c1-5-7-9-20(10-8-6-2)14-17(11-19)18(22)21-12-15(3)23-16(4)13-21/h14-16H,5-10,12-13H2,1-4H3/b17-14-. The zero-order chi connectivity index (χ0) is 17.2. The monoisotopic (exact) mass is 321 g/mol. The maximum atomic E-state index is 12.7. The summed E-state index contributed by atoms with van der Waals surface area (Å²) in [4.78, 5) is 16.5. The molecule has 0 radical (unpaired) electrons. The summed E-state index contributed by atoms with van der Waals surface area (Å²) >= 11 is 0. The Kier molecular flexibility index (Phi) is 8.71. The summed E-state index contributed by atoms with van der Waals surface area (Å²) in [5.74, 6) is -0.174. The average Bonchev–Trinajstić information content (AvgIpc) is 2.52. The fourth-order valence-corrected chi connectivity index (χ4v) is 2.79. The lowest BCUT2D eigenvalue weighted by Gasteiger charge is -2.35. The minimum atomic E-state index is -0.174. The van der Waals surface area contributed by atoms with Gasteiger partial charge < -0.3 is 14.5 Å². The quantitative estimate of drug-likeness (QED) is 0.509. The molecule has 23 heavy (non-hydrogen) atoms. The summed E-state index contributed by atoms with van der Waals surface area (Å²) in [6.07, 6.45) is 6.13. The normalized spacial score (nSPS) is 21.9. The number of carbonyl (C=O) groups excluding carboxylic acids is 1. The Hall–Kier alpha value is -1.54. The van der Waals surface area contributed by atoms with Crippen LogP contribution in [0.4, 0.5) is 0 Å². The molecule has 0 aliphatic carbocycles. The summed E-state index contributed by atoms with van der Waals surface area (Å²) in [5.41, 5.74) is 0.235. The van der Waals surface area contributed by atoms with E-state index in [1.807, 2.05) is 13.8 Å². The van der Waals surface area contributed by atoms with Crippen molar-refractivity contribution in [3.8, 4) is 6.07 Å². The summed E-state index contributed by atoms with van der Waals surface area (Å²) in [6.45, 7) is 11.1. The van der Waals surface area contributed by atoms with Gasteiger partial charge in [0.05, 0.1) is 12.2 Å². The topological polar surface area (TPSA) is 56.6 Å². The smallest absolute Gasteiger partial charge is 0.266 e. The van der Waals surface area contributed by atoms with Crippen molar-refractivity contribution >= 4 is 5.91 Å². The van der Waals surface area contributed by atoms with E-state index >= 15 is 0 Å². The van der Waals surface area contributed by atoms with E-state index in [0.29, 0.717) is 13.1 Å². The number of hydrogen-bond donors (Lipinski definition) is 0. The Bertz CT molecular complexity index is 424. The van der Waals surface area contributed by atoms with Gasteiger partial charge in [-0.05, 0) is 26.7 Å². The van der Waals surface area contributed by atoms with E-state index < -0.39 is 0 Å². The zero-order valence-electron chi connectivity index (χ0n) is 15.0. The predicted molar refractivity (Wildman–Crippen MR) is 91.7 cm³/mol. The molecule has 1 aliphatic rings. The molecule has 2 atom stereocenters. The van der Waals surface area contributed by atoms with Crippen LogP contribution in [0.25, 0.3) is 0 Å². The van der Waals surface area contributed by atoms with Gasteiger partial charge in [-0.3, -0.25) is 4.79 Å². The minimum Gasteiger partial charge on any atom is -0.376 e. The van der Waals surface area contributed by atoms with Crippen molar-refractivity contribution in [2.45, 2.75) is 65.6 Å². The SMILES string of the molecule is CCCCN(/C=C(/C#N)C(=O)N1CC(C)OC(C)C1)CCCC. The fraction of sp³-hybridized carbons (Fsp3) is 0.778. The second kappa shape index (κ2) is 10.3. The fourth-order valence-electron chi connectivity index (χ4n) is 2.79. The first-order valence-corrected chi connectivity index (χ1v) is 8.82. The van der Waals surface area contributed by atoms with Gasteiger partial charge in [0.1, 0.15) is 11.6 Å². The first-order chi connectivity index (χ1) is 11.0. The van der Waals surface area contributed by atoms with Crippen LogP contribution in [-0.2, 0) is 9.53 Å². The Labute approximate surface area is 140 Å². The van der Waals surface area contributed by atoms with Crippen LogP contribution in [0.15, 0.2) is 11.8 Å². The van der Waals surface area contributed by atoms with Crippen LogP contribution in [0.3, 0.4) is 0 Å². The van der Waals surface area contributed by atoms with Crippen molar-refractivity contribution in [2.24, 2.45) is 0 Å². The lowest BCUT2D eigenvalue weighted by Crippen LogP contribution is -2.48. The van der Waals surface area contributed by atoms with Gasteiger partial charge >= 0.3 is 0 Å². The number of nitriles is 1. The highest BCUT2D eigenvalue weighted by atomic mass is 16.5. The molecule has 0 saturated carbocycles. The first kappa shape index (κ1) is 19.5. The largest absolute Gasteiger partial charge is 0.376 e. The molecule has 5 nitrogen and oxygen atoms in total. The van der Waals surface area contributed by atoms with E-state index in [0.717, 1.165) is 38.8 Å². The number of carbonyl (C=O) groups is 1. The molecule has 0 spiro atoms. The molecular formula is C18H31N3O2. The van der Waals surface area contributed by atoms with Gasteiger partial charge in [0.25, 0.3) is 5.91 Å². The molecule has 1 fully saturated rings. The maximum Gasteiger partial charge on any atom is 0.266 e. The number of ether oxygens (including phenoxy) is 1. The van der Waals surface area contributed by atoms with Crippen LogP contribution in [0, 0.1) is 11.3 Å². The number of unbranched alkanes of at least 4 members (excludes halogenated alkanes) is 2. The van der Waals surface area contributed by atoms with Gasteiger partial charge in [-0.1, -0.05) is 26.7 Å². The van der Waals surface area contributed by atoms with Gasteiger partial charge in [0.15, 0.2) is 0 Å². The van der Waals surface area contributed by atoms with Gasteiger partial charge in [-0.2, -0.15) is 5.26 Å². The molecule has 1 rings (SSSR count). The van der Waals surface area contributed by atoms with Crippen LogP contribution >= 0.6 is 0 Å². The molecule has 5 heteroatoms. The van der Waals surface area contributed by atoms with E-state index in [1.54, 1.807) is 11.1 Å². The summed E-state index contributed by atoms with van der Waals surface area (Å²) in [6, 6.07) is 2.10. The number of amides is 1. The highest BCUT2D eigenvalue weighted by Crippen LogP contribution is 2.14. The molecule has 130 valence electrons. The Morgan fingerprint density at radius 1 is 1.22 bits per heavy atom. The number of rotatable bonds is 8. The van der Waals surface area contributed by atoms with Gasteiger partial charge in [0.2, 0.25) is 0 Å². The molecule has 1 amide bonds. The second-order valence-electron chi connectivity index (χ2n) is 6.37. The van der Waals surface area contributed by atoms with Gasteiger partial charge in [-0.25, -0.2) is 0 Å². The van der Waals surface area contributed by atoms with Crippen molar-refractivity contribution in [3.63, 3.8) is 0 Å². The third-order valence-corrected chi connectivity index (χ3v) is 3.97. The molecule has 0 aromatic rings. The number of morpholine rings is 1. The third kappa shape index (κ3) is 6.62. The number of nitrogens with zero attached hydrogens (tertiary/aromatic N) is 3. The Morgan fingerprint density at radius 3 is 2.17 bits per heavy atom. The zero-order valence-corrected chi connectivity index (χ0v) is 15.0. The molecule has 1 aliphatic heterocycles. The summed E-state index contributed by atoms with van der Waals surface area (Å²) in [7, 11) is 0. The van der Waals surface area contributed by atoms with Crippen LogP contribution in [0.2, 0.25) is 0 Å². The number of hydrogen-bond acceptors (Lipinski definition) is 4. The molecule has 0 bridgehead atoms. The molecule has 1 heterocycles. The van der Waals surface area contributed by atoms with Crippen LogP contribution in [0.1, 0.15) is 53.4 Å². The highest BCUT2D eigenvalue weighted by Gasteiger charge is 2.28. The van der Waals surface area contributed by atoms with Crippen LogP contribution < -0.4 is 0 Å². The van der Waals surface area contributed by atoms with E-state index in [4.69, 9.17) is 4.74 Å². The lowest BCUT2D eigenvalue weighted by atomic mass is 10.2. The van der Waals surface area contributed by atoms with E-state index in [9.17, 15) is 10.1 Å².